The molecule has 0 bridgehead atoms. The highest BCUT2D eigenvalue weighted by Gasteiger charge is 2.15. The molecule has 0 heterocycles. The average Bonchev–Trinajstić information content (AvgIpc) is 2.26. The van der Waals surface area contributed by atoms with Gasteiger partial charge in [-0.2, -0.15) is 0 Å². The molecule has 0 aliphatic rings. The molecule has 0 amide bonds. The van der Waals surface area contributed by atoms with Gasteiger partial charge in [-0.25, -0.2) is 0 Å². The minimum atomic E-state index is 0.115. The fourth-order valence-corrected chi connectivity index (χ4v) is 1.89. The molecule has 0 radical (unpaired) electrons. The molecule has 2 unspecified atom stereocenters. The maximum Gasteiger partial charge on any atom is 0.119 e. The Kier molecular flexibility index (Phi) is 4.82. The first-order valence-corrected chi connectivity index (χ1v) is 6.17. The van der Waals surface area contributed by atoms with Gasteiger partial charge in [-0.1, -0.05) is 20.3 Å². The fourth-order valence-electron chi connectivity index (χ4n) is 1.89. The first kappa shape index (κ1) is 13.8. The molecule has 0 saturated heterocycles. The average molecular weight is 237 g/mol. The van der Waals surface area contributed by atoms with Crippen molar-refractivity contribution in [1.82, 2.24) is 4.90 Å². The van der Waals surface area contributed by atoms with Gasteiger partial charge >= 0.3 is 0 Å². The van der Waals surface area contributed by atoms with E-state index in [1.807, 2.05) is 0 Å². The van der Waals surface area contributed by atoms with Gasteiger partial charge in [0.2, 0.25) is 0 Å². The maximum absolute atomic E-state index is 9.47. The van der Waals surface area contributed by atoms with Crippen LogP contribution in [0.5, 0.6) is 11.5 Å². The minimum Gasteiger partial charge on any atom is -0.508 e. The zero-order chi connectivity index (χ0) is 13.0. The van der Waals surface area contributed by atoms with E-state index >= 15 is 0 Å². The SMILES string of the molecule is CCC(C)CN(C)C(C)c1cc(O)cc(O)c1. The Labute approximate surface area is 104 Å². The van der Waals surface area contributed by atoms with Gasteiger partial charge in [-0.3, -0.25) is 4.90 Å². The van der Waals surface area contributed by atoms with Crippen molar-refractivity contribution in [3.8, 4) is 11.5 Å². The standard InChI is InChI=1S/C14H23NO2/c1-5-10(2)9-15(4)11(3)12-6-13(16)8-14(17)7-12/h6-8,10-11,16-17H,5,9H2,1-4H3. The summed E-state index contributed by atoms with van der Waals surface area (Å²) in [6, 6.07) is 4.95. The topological polar surface area (TPSA) is 43.7 Å². The highest BCUT2D eigenvalue weighted by atomic mass is 16.3. The van der Waals surface area contributed by atoms with Crippen LogP contribution in [0.2, 0.25) is 0 Å². The van der Waals surface area contributed by atoms with Gasteiger partial charge < -0.3 is 10.2 Å². The summed E-state index contributed by atoms with van der Waals surface area (Å²) in [6.07, 6.45) is 1.16. The van der Waals surface area contributed by atoms with Crippen molar-refractivity contribution in [1.29, 1.82) is 0 Å². The van der Waals surface area contributed by atoms with Crippen LogP contribution in [0.25, 0.3) is 0 Å². The Morgan fingerprint density at radius 3 is 2.12 bits per heavy atom. The zero-order valence-electron chi connectivity index (χ0n) is 11.1. The molecule has 0 aliphatic carbocycles. The van der Waals surface area contributed by atoms with Crippen molar-refractivity contribution < 1.29 is 10.2 Å². The van der Waals surface area contributed by atoms with E-state index in [9.17, 15) is 10.2 Å². The van der Waals surface area contributed by atoms with Crippen molar-refractivity contribution in [2.75, 3.05) is 13.6 Å². The zero-order valence-corrected chi connectivity index (χ0v) is 11.1. The normalized spacial score (nSPS) is 14.9. The number of hydrogen-bond acceptors (Lipinski definition) is 3. The second kappa shape index (κ2) is 5.92. The molecule has 2 N–H and O–H groups in total. The Morgan fingerprint density at radius 2 is 1.65 bits per heavy atom. The fraction of sp³-hybridized carbons (Fsp3) is 0.571. The lowest BCUT2D eigenvalue weighted by Gasteiger charge is -2.27. The first-order valence-electron chi connectivity index (χ1n) is 6.17. The summed E-state index contributed by atoms with van der Waals surface area (Å²) in [5, 5.41) is 18.9. The number of hydrogen-bond donors (Lipinski definition) is 2. The molecule has 0 fully saturated rings. The highest BCUT2D eigenvalue weighted by Crippen LogP contribution is 2.27. The lowest BCUT2D eigenvalue weighted by Crippen LogP contribution is -2.27. The van der Waals surface area contributed by atoms with E-state index in [0.29, 0.717) is 5.92 Å². The number of benzene rings is 1. The molecule has 17 heavy (non-hydrogen) atoms. The second-order valence-electron chi connectivity index (χ2n) is 4.91. The van der Waals surface area contributed by atoms with Crippen LogP contribution >= 0.6 is 0 Å². The summed E-state index contributed by atoms with van der Waals surface area (Å²) < 4.78 is 0. The van der Waals surface area contributed by atoms with Crippen LogP contribution in [0.3, 0.4) is 0 Å². The first-order chi connectivity index (χ1) is 7.93. The van der Waals surface area contributed by atoms with Gasteiger partial charge in [0.05, 0.1) is 0 Å². The largest absolute Gasteiger partial charge is 0.508 e. The molecular formula is C14H23NO2. The summed E-state index contributed by atoms with van der Waals surface area (Å²) in [4.78, 5) is 2.24. The number of phenolic OH excluding ortho intramolecular Hbond substituents is 2. The van der Waals surface area contributed by atoms with E-state index in [1.165, 1.54) is 6.07 Å². The molecule has 2 atom stereocenters. The van der Waals surface area contributed by atoms with Crippen LogP contribution < -0.4 is 0 Å². The monoisotopic (exact) mass is 237 g/mol. The summed E-state index contributed by atoms with van der Waals surface area (Å²) >= 11 is 0. The van der Waals surface area contributed by atoms with Crippen LogP contribution in [0.4, 0.5) is 0 Å². The molecule has 96 valence electrons. The van der Waals surface area contributed by atoms with Gasteiger partial charge in [-0.15, -0.1) is 0 Å². The number of rotatable bonds is 5. The van der Waals surface area contributed by atoms with Crippen molar-refractivity contribution in [2.24, 2.45) is 5.92 Å². The lowest BCUT2D eigenvalue weighted by molar-refractivity contribution is 0.223. The summed E-state index contributed by atoms with van der Waals surface area (Å²) in [7, 11) is 2.07. The molecule has 0 spiro atoms. The Hall–Kier alpha value is -1.22. The van der Waals surface area contributed by atoms with Crippen molar-refractivity contribution in [3.63, 3.8) is 0 Å². The van der Waals surface area contributed by atoms with Gasteiger partial charge in [0.15, 0.2) is 0 Å². The number of nitrogens with zero attached hydrogens (tertiary/aromatic N) is 1. The third-order valence-corrected chi connectivity index (χ3v) is 3.37. The van der Waals surface area contributed by atoms with Gasteiger partial charge in [0, 0.05) is 18.7 Å². The van der Waals surface area contributed by atoms with Gasteiger partial charge in [0.1, 0.15) is 11.5 Å². The molecule has 0 saturated carbocycles. The molecule has 1 aromatic carbocycles. The van der Waals surface area contributed by atoms with E-state index in [1.54, 1.807) is 12.1 Å². The van der Waals surface area contributed by atoms with Crippen molar-refractivity contribution >= 4 is 0 Å². The maximum atomic E-state index is 9.47. The van der Waals surface area contributed by atoms with Crippen LogP contribution in [0.15, 0.2) is 18.2 Å². The smallest absolute Gasteiger partial charge is 0.119 e. The van der Waals surface area contributed by atoms with Crippen LogP contribution in [0.1, 0.15) is 38.8 Å². The van der Waals surface area contributed by atoms with Crippen LogP contribution in [-0.4, -0.2) is 28.7 Å². The summed E-state index contributed by atoms with van der Waals surface area (Å²) in [6.45, 7) is 7.50. The van der Waals surface area contributed by atoms with Crippen LogP contribution in [-0.2, 0) is 0 Å². The lowest BCUT2D eigenvalue weighted by atomic mass is 10.0. The Morgan fingerprint density at radius 1 is 1.12 bits per heavy atom. The van der Waals surface area contributed by atoms with Crippen LogP contribution in [0, 0.1) is 5.92 Å². The molecule has 1 rings (SSSR count). The van der Waals surface area contributed by atoms with E-state index in [2.05, 4.69) is 32.7 Å². The van der Waals surface area contributed by atoms with E-state index in [4.69, 9.17) is 0 Å². The molecule has 3 heteroatoms. The molecule has 0 aromatic heterocycles. The number of aromatic hydroxyl groups is 2. The van der Waals surface area contributed by atoms with Crippen molar-refractivity contribution in [2.45, 2.75) is 33.2 Å². The van der Waals surface area contributed by atoms with Gasteiger partial charge in [0.25, 0.3) is 0 Å². The number of phenols is 2. The third kappa shape index (κ3) is 3.93. The predicted molar refractivity (Wildman–Crippen MR) is 70.3 cm³/mol. The van der Waals surface area contributed by atoms with E-state index < -0.39 is 0 Å². The Bertz CT molecular complexity index is 345. The predicted octanol–water partition coefficient (Wildman–Crippen LogP) is 3.14. The quantitative estimate of drug-likeness (QED) is 0.827. The summed E-state index contributed by atoms with van der Waals surface area (Å²) in [5.41, 5.74) is 0.938. The van der Waals surface area contributed by atoms with Crippen molar-refractivity contribution in [3.05, 3.63) is 23.8 Å². The molecule has 3 nitrogen and oxygen atoms in total. The second-order valence-corrected chi connectivity index (χ2v) is 4.91. The minimum absolute atomic E-state index is 0.115. The molecular weight excluding hydrogens is 214 g/mol. The van der Waals surface area contributed by atoms with Gasteiger partial charge in [-0.05, 0) is 37.6 Å². The third-order valence-electron chi connectivity index (χ3n) is 3.37. The Balaban J connectivity index is 2.77. The van der Waals surface area contributed by atoms with E-state index in [0.717, 1.165) is 18.5 Å². The van der Waals surface area contributed by atoms with E-state index in [-0.39, 0.29) is 17.5 Å². The summed E-state index contributed by atoms with van der Waals surface area (Å²) in [5.74, 6) is 0.876. The molecule has 0 aliphatic heterocycles. The molecule has 1 aromatic rings. The highest BCUT2D eigenvalue weighted by molar-refractivity contribution is 5.37.